The Morgan fingerprint density at radius 1 is 1.20 bits per heavy atom. The highest BCUT2D eigenvalue weighted by molar-refractivity contribution is 6.07. The molecular weight excluding hydrogens is 260 g/mol. The number of anilines is 1. The van der Waals surface area contributed by atoms with Crippen LogP contribution in [0.15, 0.2) is 41.5 Å². The molecule has 1 amide bonds. The SMILES string of the molecule is Cc1ccc(NC(=O)c2c[nH]ccc2=O)c(C(=O)O)c1. The third-order valence-electron chi connectivity index (χ3n) is 2.72. The maximum atomic E-state index is 12.0. The maximum absolute atomic E-state index is 12.0. The van der Waals surface area contributed by atoms with E-state index in [0.29, 0.717) is 0 Å². The molecule has 0 fully saturated rings. The Kier molecular flexibility index (Phi) is 3.65. The van der Waals surface area contributed by atoms with Crippen LogP contribution in [-0.2, 0) is 0 Å². The lowest BCUT2D eigenvalue weighted by atomic mass is 10.1. The molecule has 0 aliphatic heterocycles. The summed E-state index contributed by atoms with van der Waals surface area (Å²) in [5.74, 6) is -1.80. The first-order chi connectivity index (χ1) is 9.49. The Balaban J connectivity index is 2.36. The van der Waals surface area contributed by atoms with Crippen molar-refractivity contribution in [2.24, 2.45) is 0 Å². The average Bonchev–Trinajstić information content (AvgIpc) is 2.41. The first kappa shape index (κ1) is 13.5. The van der Waals surface area contributed by atoms with Crippen molar-refractivity contribution in [1.29, 1.82) is 0 Å². The van der Waals surface area contributed by atoms with Gasteiger partial charge in [0.1, 0.15) is 5.56 Å². The van der Waals surface area contributed by atoms with E-state index in [1.54, 1.807) is 13.0 Å². The Bertz CT molecular complexity index is 734. The quantitative estimate of drug-likeness (QED) is 0.790. The van der Waals surface area contributed by atoms with Gasteiger partial charge in [0.15, 0.2) is 5.43 Å². The topological polar surface area (TPSA) is 99.3 Å². The molecular formula is C14H12N2O4. The molecule has 0 spiro atoms. The second kappa shape index (κ2) is 5.40. The third-order valence-corrected chi connectivity index (χ3v) is 2.72. The van der Waals surface area contributed by atoms with Crippen LogP contribution >= 0.6 is 0 Å². The Morgan fingerprint density at radius 2 is 1.95 bits per heavy atom. The number of aromatic amines is 1. The van der Waals surface area contributed by atoms with Crippen LogP contribution in [0.25, 0.3) is 0 Å². The Morgan fingerprint density at radius 3 is 2.60 bits per heavy atom. The molecule has 0 unspecified atom stereocenters. The summed E-state index contributed by atoms with van der Waals surface area (Å²) in [7, 11) is 0. The fourth-order valence-electron chi connectivity index (χ4n) is 1.73. The lowest BCUT2D eigenvalue weighted by Gasteiger charge is -2.08. The van der Waals surface area contributed by atoms with E-state index in [0.717, 1.165) is 5.56 Å². The number of carboxylic acid groups (broad SMARTS) is 1. The molecule has 6 heteroatoms. The molecule has 2 aromatic rings. The van der Waals surface area contributed by atoms with E-state index in [4.69, 9.17) is 5.11 Å². The van der Waals surface area contributed by atoms with E-state index in [-0.39, 0.29) is 16.8 Å². The molecule has 0 bridgehead atoms. The molecule has 6 nitrogen and oxygen atoms in total. The second-order valence-electron chi connectivity index (χ2n) is 4.23. The zero-order chi connectivity index (χ0) is 14.7. The second-order valence-corrected chi connectivity index (χ2v) is 4.23. The molecule has 2 rings (SSSR count). The van der Waals surface area contributed by atoms with Gasteiger partial charge in [-0.2, -0.15) is 0 Å². The van der Waals surface area contributed by atoms with Crippen molar-refractivity contribution in [3.05, 3.63) is 63.6 Å². The van der Waals surface area contributed by atoms with Gasteiger partial charge in [0.2, 0.25) is 0 Å². The van der Waals surface area contributed by atoms with Crippen LogP contribution in [0.5, 0.6) is 0 Å². The van der Waals surface area contributed by atoms with E-state index in [9.17, 15) is 14.4 Å². The normalized spacial score (nSPS) is 10.1. The number of aryl methyl sites for hydroxylation is 1. The summed E-state index contributed by atoms with van der Waals surface area (Å²) in [4.78, 5) is 37.3. The van der Waals surface area contributed by atoms with Gasteiger partial charge >= 0.3 is 5.97 Å². The number of aromatic nitrogens is 1. The number of aromatic carboxylic acids is 1. The summed E-state index contributed by atoms with van der Waals surface area (Å²) in [6, 6.07) is 5.85. The number of hydrogen-bond donors (Lipinski definition) is 3. The van der Waals surface area contributed by atoms with Gasteiger partial charge < -0.3 is 15.4 Å². The molecule has 0 saturated carbocycles. The highest BCUT2D eigenvalue weighted by atomic mass is 16.4. The maximum Gasteiger partial charge on any atom is 0.337 e. The molecule has 1 aromatic heterocycles. The van der Waals surface area contributed by atoms with E-state index >= 15 is 0 Å². The standard InChI is InChI=1S/C14H12N2O4/c1-8-2-3-11(9(6-8)14(19)20)16-13(18)10-7-15-5-4-12(10)17/h2-7H,1H3,(H,15,17)(H,16,18)(H,19,20). The van der Waals surface area contributed by atoms with Gasteiger partial charge in [-0.05, 0) is 19.1 Å². The van der Waals surface area contributed by atoms with E-state index in [2.05, 4.69) is 10.3 Å². The summed E-state index contributed by atoms with van der Waals surface area (Å²) >= 11 is 0. The number of nitrogens with one attached hydrogen (secondary N) is 2. The van der Waals surface area contributed by atoms with Crippen LogP contribution in [0, 0.1) is 6.92 Å². The van der Waals surface area contributed by atoms with Crippen LogP contribution in [0.2, 0.25) is 0 Å². The minimum atomic E-state index is -1.15. The molecule has 0 aliphatic rings. The van der Waals surface area contributed by atoms with Gasteiger partial charge in [-0.25, -0.2) is 4.79 Å². The molecule has 1 aromatic carbocycles. The molecule has 1 heterocycles. The molecule has 0 atom stereocenters. The smallest absolute Gasteiger partial charge is 0.337 e. The number of hydrogen-bond acceptors (Lipinski definition) is 3. The minimum absolute atomic E-state index is 0.0225. The highest BCUT2D eigenvalue weighted by Gasteiger charge is 2.15. The van der Waals surface area contributed by atoms with Crippen LogP contribution in [0.3, 0.4) is 0 Å². The summed E-state index contributed by atoms with van der Waals surface area (Å²) < 4.78 is 0. The predicted octanol–water partition coefficient (Wildman–Crippen LogP) is 1.63. The number of amides is 1. The van der Waals surface area contributed by atoms with Crippen LogP contribution in [-0.4, -0.2) is 22.0 Å². The van der Waals surface area contributed by atoms with Crippen molar-refractivity contribution < 1.29 is 14.7 Å². The largest absolute Gasteiger partial charge is 0.478 e. The summed E-state index contributed by atoms with van der Waals surface area (Å²) in [5, 5.41) is 11.5. The van der Waals surface area contributed by atoms with Gasteiger partial charge in [-0.15, -0.1) is 0 Å². The summed E-state index contributed by atoms with van der Waals surface area (Å²) in [5.41, 5.74) is 0.370. The number of pyridine rings is 1. The number of carbonyl (C=O) groups is 2. The number of carbonyl (C=O) groups excluding carboxylic acids is 1. The average molecular weight is 272 g/mol. The van der Waals surface area contributed by atoms with Crippen molar-refractivity contribution >= 4 is 17.6 Å². The molecule has 102 valence electrons. The van der Waals surface area contributed by atoms with Gasteiger partial charge in [-0.3, -0.25) is 9.59 Å². The van der Waals surface area contributed by atoms with Crippen LogP contribution in [0.4, 0.5) is 5.69 Å². The molecule has 0 radical (unpaired) electrons. The molecule has 0 aliphatic carbocycles. The van der Waals surface area contributed by atoms with Crippen molar-refractivity contribution in [1.82, 2.24) is 4.98 Å². The highest BCUT2D eigenvalue weighted by Crippen LogP contribution is 2.18. The molecule has 20 heavy (non-hydrogen) atoms. The molecule has 0 saturated heterocycles. The van der Waals surface area contributed by atoms with E-state index in [1.165, 1.54) is 30.6 Å². The van der Waals surface area contributed by atoms with Gasteiger partial charge in [-0.1, -0.05) is 11.6 Å². The molecule has 3 N–H and O–H groups in total. The number of rotatable bonds is 3. The monoisotopic (exact) mass is 272 g/mol. The lowest BCUT2D eigenvalue weighted by molar-refractivity contribution is 0.0698. The minimum Gasteiger partial charge on any atom is -0.478 e. The predicted molar refractivity (Wildman–Crippen MR) is 73.2 cm³/mol. The first-order valence-corrected chi connectivity index (χ1v) is 5.81. The fraction of sp³-hybridized carbons (Fsp3) is 0.0714. The first-order valence-electron chi connectivity index (χ1n) is 5.81. The Hall–Kier alpha value is -2.89. The zero-order valence-corrected chi connectivity index (χ0v) is 10.6. The number of benzene rings is 1. The van der Waals surface area contributed by atoms with Crippen LogP contribution < -0.4 is 10.7 Å². The number of H-pyrrole nitrogens is 1. The zero-order valence-electron chi connectivity index (χ0n) is 10.6. The third kappa shape index (κ3) is 2.74. The van der Waals surface area contributed by atoms with E-state index < -0.39 is 17.3 Å². The van der Waals surface area contributed by atoms with Crippen LogP contribution in [0.1, 0.15) is 26.3 Å². The summed E-state index contributed by atoms with van der Waals surface area (Å²) in [6.45, 7) is 1.75. The van der Waals surface area contributed by atoms with Crippen molar-refractivity contribution in [3.63, 3.8) is 0 Å². The van der Waals surface area contributed by atoms with Gasteiger partial charge in [0.05, 0.1) is 11.3 Å². The van der Waals surface area contributed by atoms with Gasteiger partial charge in [0.25, 0.3) is 5.91 Å². The Labute approximate surface area is 114 Å². The van der Waals surface area contributed by atoms with Gasteiger partial charge in [0, 0.05) is 18.5 Å². The van der Waals surface area contributed by atoms with E-state index in [1.807, 2.05) is 0 Å². The summed E-state index contributed by atoms with van der Waals surface area (Å²) in [6.07, 6.45) is 2.68. The van der Waals surface area contributed by atoms with Crippen molar-refractivity contribution in [2.45, 2.75) is 6.92 Å². The van der Waals surface area contributed by atoms with Crippen molar-refractivity contribution in [3.8, 4) is 0 Å². The fourth-order valence-corrected chi connectivity index (χ4v) is 1.73. The van der Waals surface area contributed by atoms with Crippen molar-refractivity contribution in [2.75, 3.05) is 5.32 Å². The number of carboxylic acids is 1. The lowest BCUT2D eigenvalue weighted by Crippen LogP contribution is -2.22.